The van der Waals surface area contributed by atoms with Gasteiger partial charge in [0, 0.05) is 24.0 Å². The van der Waals surface area contributed by atoms with Crippen molar-refractivity contribution in [1.82, 2.24) is 14.5 Å². The molecule has 6 rings (SSSR count). The van der Waals surface area contributed by atoms with Crippen LogP contribution in [0.3, 0.4) is 0 Å². The second kappa shape index (κ2) is 11.8. The van der Waals surface area contributed by atoms with Crippen molar-refractivity contribution in [3.05, 3.63) is 84.2 Å². The van der Waals surface area contributed by atoms with E-state index in [0.29, 0.717) is 12.6 Å². The van der Waals surface area contributed by atoms with Gasteiger partial charge in [-0.3, -0.25) is 4.79 Å². The van der Waals surface area contributed by atoms with E-state index in [1.54, 1.807) is 11.8 Å². The van der Waals surface area contributed by atoms with E-state index in [2.05, 4.69) is 32.2 Å². The highest BCUT2D eigenvalue weighted by Crippen LogP contribution is 2.37. The third-order valence-corrected chi connectivity index (χ3v) is 9.07. The number of piperidine rings is 1. The van der Waals surface area contributed by atoms with E-state index in [0.717, 1.165) is 80.0 Å². The summed E-state index contributed by atoms with van der Waals surface area (Å²) in [5.41, 5.74) is 4.03. The Hall–Kier alpha value is -3.36. The highest BCUT2D eigenvalue weighted by molar-refractivity contribution is 8.01. The number of likely N-dealkylation sites (tertiary alicyclic amines) is 1. The Balaban J connectivity index is 0.990. The summed E-state index contributed by atoms with van der Waals surface area (Å²) in [6.45, 7) is 3.83. The maximum Gasteiger partial charge on any atom is 0.237 e. The standard InChI is InChI=1S/C31H34FN5OS/c32-23-14-12-22(13-15-23)21-37-27-9-3-1-7-25(27)35-31(37)33-24-16-19-36(20-17-24)18-6-5-11-29-30(38)34-26-8-2-4-10-28(26)39-29/h1-4,7-10,12-15,24,29H,5-6,11,16-21H2,(H,33,35)(H,34,38). The van der Waals surface area contributed by atoms with Gasteiger partial charge in [0.15, 0.2) is 0 Å². The van der Waals surface area contributed by atoms with Crippen molar-refractivity contribution in [2.75, 3.05) is 30.3 Å². The highest BCUT2D eigenvalue weighted by atomic mass is 32.2. The Morgan fingerprint density at radius 1 is 0.974 bits per heavy atom. The molecule has 3 aromatic carbocycles. The Labute approximate surface area is 233 Å². The van der Waals surface area contributed by atoms with Crippen LogP contribution in [-0.2, 0) is 11.3 Å². The Morgan fingerprint density at radius 2 is 1.74 bits per heavy atom. The summed E-state index contributed by atoms with van der Waals surface area (Å²) in [4.78, 5) is 21.1. The molecule has 1 saturated heterocycles. The Bertz CT molecular complexity index is 1430. The number of halogens is 1. The fourth-order valence-electron chi connectivity index (χ4n) is 5.55. The molecule has 1 aromatic heterocycles. The van der Waals surface area contributed by atoms with E-state index < -0.39 is 0 Å². The molecule has 4 aromatic rings. The third-order valence-electron chi connectivity index (χ3n) is 7.73. The normalized spacial score (nSPS) is 18.2. The first-order chi connectivity index (χ1) is 19.1. The molecule has 8 heteroatoms. The molecular weight excluding hydrogens is 509 g/mol. The first-order valence-electron chi connectivity index (χ1n) is 13.9. The number of aromatic nitrogens is 2. The topological polar surface area (TPSA) is 62.2 Å². The van der Waals surface area contributed by atoms with Gasteiger partial charge in [-0.2, -0.15) is 0 Å². The lowest BCUT2D eigenvalue weighted by Gasteiger charge is -2.32. The molecule has 39 heavy (non-hydrogen) atoms. The van der Waals surface area contributed by atoms with Crippen LogP contribution >= 0.6 is 11.8 Å². The maximum atomic E-state index is 13.4. The van der Waals surface area contributed by atoms with Crippen molar-refractivity contribution in [3.63, 3.8) is 0 Å². The van der Waals surface area contributed by atoms with Crippen molar-refractivity contribution in [3.8, 4) is 0 Å². The molecule has 1 fully saturated rings. The van der Waals surface area contributed by atoms with Gasteiger partial charge in [-0.15, -0.1) is 11.8 Å². The van der Waals surface area contributed by atoms with Crippen molar-refractivity contribution in [1.29, 1.82) is 0 Å². The minimum atomic E-state index is -0.219. The van der Waals surface area contributed by atoms with Gasteiger partial charge >= 0.3 is 0 Å². The van der Waals surface area contributed by atoms with E-state index in [-0.39, 0.29) is 17.0 Å². The first kappa shape index (κ1) is 25.9. The second-order valence-corrected chi connectivity index (χ2v) is 11.7. The van der Waals surface area contributed by atoms with Crippen molar-refractivity contribution in [2.45, 2.75) is 54.8 Å². The molecular formula is C31H34FN5OS. The van der Waals surface area contributed by atoms with Crippen LogP contribution in [0.5, 0.6) is 0 Å². The number of para-hydroxylation sites is 3. The fourth-order valence-corrected chi connectivity index (χ4v) is 6.71. The minimum Gasteiger partial charge on any atom is -0.353 e. The predicted octanol–water partition coefficient (Wildman–Crippen LogP) is 6.38. The Morgan fingerprint density at radius 3 is 2.59 bits per heavy atom. The fraction of sp³-hybridized carbons (Fsp3) is 0.355. The summed E-state index contributed by atoms with van der Waals surface area (Å²) in [5.74, 6) is 0.795. The molecule has 202 valence electrons. The summed E-state index contributed by atoms with van der Waals surface area (Å²) >= 11 is 1.70. The number of rotatable bonds is 9. The maximum absolute atomic E-state index is 13.4. The number of imidazole rings is 1. The molecule has 1 amide bonds. The van der Waals surface area contributed by atoms with E-state index in [1.807, 2.05) is 48.5 Å². The number of anilines is 2. The zero-order chi connectivity index (χ0) is 26.6. The average Bonchev–Trinajstić information content (AvgIpc) is 3.30. The molecule has 0 spiro atoms. The number of hydrogen-bond donors (Lipinski definition) is 2. The quantitative estimate of drug-likeness (QED) is 0.240. The van der Waals surface area contributed by atoms with Crippen LogP contribution in [0.4, 0.5) is 16.0 Å². The molecule has 2 aliphatic heterocycles. The first-order valence-corrected chi connectivity index (χ1v) is 14.8. The van der Waals surface area contributed by atoms with Crippen molar-refractivity contribution in [2.24, 2.45) is 0 Å². The molecule has 3 heterocycles. The van der Waals surface area contributed by atoms with Gasteiger partial charge < -0.3 is 20.1 Å². The molecule has 6 nitrogen and oxygen atoms in total. The molecule has 2 aliphatic rings. The number of nitrogens with one attached hydrogen (secondary N) is 2. The number of carbonyl (C=O) groups is 1. The number of thioether (sulfide) groups is 1. The van der Waals surface area contributed by atoms with Crippen LogP contribution < -0.4 is 10.6 Å². The third kappa shape index (κ3) is 6.12. The van der Waals surface area contributed by atoms with E-state index >= 15 is 0 Å². The molecule has 1 atom stereocenters. The summed E-state index contributed by atoms with van der Waals surface area (Å²) in [7, 11) is 0. The van der Waals surface area contributed by atoms with Crippen LogP contribution in [-0.4, -0.2) is 51.3 Å². The van der Waals surface area contributed by atoms with Gasteiger partial charge in [0.2, 0.25) is 11.9 Å². The van der Waals surface area contributed by atoms with E-state index in [4.69, 9.17) is 4.98 Å². The minimum absolute atomic E-state index is 0.00370. The zero-order valence-corrected chi connectivity index (χ0v) is 22.8. The van der Waals surface area contributed by atoms with E-state index in [1.165, 1.54) is 17.0 Å². The van der Waals surface area contributed by atoms with Crippen LogP contribution in [0.15, 0.2) is 77.7 Å². The van der Waals surface area contributed by atoms with Gasteiger partial charge in [0.25, 0.3) is 0 Å². The lowest BCUT2D eigenvalue weighted by Crippen LogP contribution is -2.40. The van der Waals surface area contributed by atoms with Crippen LogP contribution in [0, 0.1) is 5.82 Å². The smallest absolute Gasteiger partial charge is 0.237 e. The molecule has 2 N–H and O–H groups in total. The van der Waals surface area contributed by atoms with Crippen molar-refractivity contribution < 1.29 is 9.18 Å². The summed E-state index contributed by atoms with van der Waals surface area (Å²) in [5, 5.41) is 6.78. The largest absolute Gasteiger partial charge is 0.353 e. The van der Waals surface area contributed by atoms with Crippen molar-refractivity contribution >= 4 is 40.3 Å². The predicted molar refractivity (Wildman–Crippen MR) is 157 cm³/mol. The summed E-state index contributed by atoms with van der Waals surface area (Å²) in [6.07, 6.45) is 5.21. The van der Waals surface area contributed by atoms with Crippen LogP contribution in [0.25, 0.3) is 11.0 Å². The molecule has 0 bridgehead atoms. The van der Waals surface area contributed by atoms with Gasteiger partial charge in [-0.1, -0.05) is 42.8 Å². The lowest BCUT2D eigenvalue weighted by atomic mass is 10.0. The SMILES string of the molecule is O=C1Nc2ccccc2SC1CCCCN1CCC(Nc2nc3ccccc3n2Cc2ccc(F)cc2)CC1. The molecule has 1 unspecified atom stereocenters. The Kier molecular flexibility index (Phi) is 7.83. The van der Waals surface area contributed by atoms with Gasteiger partial charge in [0.05, 0.1) is 28.5 Å². The van der Waals surface area contributed by atoms with E-state index in [9.17, 15) is 9.18 Å². The number of benzene rings is 3. The number of nitrogens with zero attached hydrogens (tertiary/aromatic N) is 3. The van der Waals surface area contributed by atoms with Gasteiger partial charge in [-0.25, -0.2) is 9.37 Å². The van der Waals surface area contributed by atoms with Gasteiger partial charge in [-0.05, 0) is 74.2 Å². The second-order valence-electron chi connectivity index (χ2n) is 10.5. The monoisotopic (exact) mass is 543 g/mol. The molecule has 0 aliphatic carbocycles. The molecule has 0 saturated carbocycles. The number of unbranched alkanes of at least 4 members (excludes halogenated alkanes) is 1. The number of carbonyl (C=O) groups excluding carboxylic acids is 1. The summed E-state index contributed by atoms with van der Waals surface area (Å²) in [6, 6.07) is 23.3. The average molecular weight is 544 g/mol. The number of hydrogen-bond acceptors (Lipinski definition) is 5. The number of fused-ring (bicyclic) bond motifs is 2. The molecule has 0 radical (unpaired) electrons. The summed E-state index contributed by atoms with van der Waals surface area (Å²) < 4.78 is 15.6. The van der Waals surface area contributed by atoms with Crippen LogP contribution in [0.2, 0.25) is 0 Å². The number of amides is 1. The van der Waals surface area contributed by atoms with Crippen LogP contribution in [0.1, 0.15) is 37.7 Å². The van der Waals surface area contributed by atoms with Gasteiger partial charge in [0.1, 0.15) is 5.82 Å². The highest BCUT2D eigenvalue weighted by Gasteiger charge is 2.26. The zero-order valence-electron chi connectivity index (χ0n) is 22.0. The lowest BCUT2D eigenvalue weighted by molar-refractivity contribution is -0.115.